The highest BCUT2D eigenvalue weighted by Gasteiger charge is 2.35. The van der Waals surface area contributed by atoms with Gasteiger partial charge in [-0.25, -0.2) is 0 Å². The molecule has 41 heavy (non-hydrogen) atoms. The van der Waals surface area contributed by atoms with Crippen molar-refractivity contribution in [1.29, 1.82) is 0 Å². The number of carbonyl (C=O) groups is 4. The summed E-state index contributed by atoms with van der Waals surface area (Å²) in [7, 11) is 0. The second-order valence-corrected chi connectivity index (χ2v) is 10.5. The monoisotopic (exact) mass is 550 g/mol. The van der Waals surface area contributed by atoms with Gasteiger partial charge in [0, 0.05) is 50.8 Å². The van der Waals surface area contributed by atoms with Gasteiger partial charge in [0.15, 0.2) is 0 Å². The smallest absolute Gasteiger partial charge is 0.256 e. The number of carbonyl (C=O) groups excluding carboxylic acids is 4. The lowest BCUT2D eigenvalue weighted by molar-refractivity contribution is -0.116. The Labute approximate surface area is 237 Å². The van der Waals surface area contributed by atoms with Crippen LogP contribution in [0.1, 0.15) is 40.0 Å². The van der Waals surface area contributed by atoms with Gasteiger partial charge in [-0.3, -0.25) is 29.2 Å². The molecule has 2 fully saturated rings. The molecule has 0 unspecified atom stereocenters. The van der Waals surface area contributed by atoms with Gasteiger partial charge in [-0.2, -0.15) is 0 Å². The van der Waals surface area contributed by atoms with Gasteiger partial charge in [0.05, 0.1) is 34.6 Å². The van der Waals surface area contributed by atoms with E-state index >= 15 is 0 Å². The predicted octanol–water partition coefficient (Wildman–Crippen LogP) is 2.72. The third-order valence-corrected chi connectivity index (χ3v) is 7.67. The van der Waals surface area contributed by atoms with Gasteiger partial charge in [0.25, 0.3) is 11.8 Å². The van der Waals surface area contributed by atoms with Crippen LogP contribution in [0.3, 0.4) is 0 Å². The molecule has 0 spiro atoms. The molecule has 2 N–H and O–H groups in total. The van der Waals surface area contributed by atoms with Crippen LogP contribution in [-0.4, -0.2) is 84.1 Å². The number of rotatable bonds is 6. The second-order valence-electron chi connectivity index (χ2n) is 10.5. The fourth-order valence-electron chi connectivity index (χ4n) is 5.64. The third-order valence-electron chi connectivity index (χ3n) is 7.67. The fourth-order valence-corrected chi connectivity index (χ4v) is 5.64. The molecule has 2 aromatic rings. The van der Waals surface area contributed by atoms with E-state index < -0.39 is 0 Å². The van der Waals surface area contributed by atoms with Crippen molar-refractivity contribution >= 4 is 47.4 Å². The first-order valence-electron chi connectivity index (χ1n) is 13.8. The van der Waals surface area contributed by atoms with Crippen molar-refractivity contribution in [1.82, 2.24) is 20.4 Å². The van der Waals surface area contributed by atoms with Crippen LogP contribution in [0.5, 0.6) is 0 Å². The fraction of sp³-hybridized carbons (Fsp3) is 0.290. The summed E-state index contributed by atoms with van der Waals surface area (Å²) in [6, 6.07) is 14.2. The maximum Gasteiger partial charge on any atom is 0.256 e. The Hall–Kier alpha value is -4.86. The molecule has 10 heteroatoms. The highest BCUT2D eigenvalue weighted by molar-refractivity contribution is 6.04. The molecule has 4 heterocycles. The molecule has 0 aliphatic carbocycles. The lowest BCUT2D eigenvalue weighted by Gasteiger charge is -2.19. The van der Waals surface area contributed by atoms with Gasteiger partial charge in [0.2, 0.25) is 11.8 Å². The molecule has 0 radical (unpaired) electrons. The minimum atomic E-state index is -0.220. The highest BCUT2D eigenvalue weighted by Crippen LogP contribution is 2.31. The molecular formula is C31H30N6O4. The van der Waals surface area contributed by atoms with Crippen molar-refractivity contribution in [3.8, 4) is 0 Å². The van der Waals surface area contributed by atoms with E-state index in [1.54, 1.807) is 46.5 Å². The number of benzene rings is 2. The molecule has 2 atom stereocenters. The van der Waals surface area contributed by atoms with Gasteiger partial charge in [-0.1, -0.05) is 24.3 Å². The molecule has 2 aromatic carbocycles. The van der Waals surface area contributed by atoms with Crippen LogP contribution < -0.4 is 10.6 Å². The van der Waals surface area contributed by atoms with Crippen LogP contribution >= 0.6 is 0 Å². The highest BCUT2D eigenvalue weighted by atomic mass is 16.2. The molecule has 4 aliphatic heterocycles. The Kier molecular flexibility index (Phi) is 7.28. The van der Waals surface area contributed by atoms with Crippen LogP contribution in [0.2, 0.25) is 0 Å². The van der Waals surface area contributed by atoms with E-state index in [0.29, 0.717) is 67.9 Å². The molecule has 0 saturated carbocycles. The Balaban J connectivity index is 0.936. The van der Waals surface area contributed by atoms with Crippen LogP contribution in [0.4, 0.5) is 11.4 Å². The Morgan fingerprint density at radius 2 is 1.17 bits per heavy atom. The van der Waals surface area contributed by atoms with Gasteiger partial charge in [-0.15, -0.1) is 0 Å². The topological polar surface area (TPSA) is 124 Å². The summed E-state index contributed by atoms with van der Waals surface area (Å²) in [4.78, 5) is 63.3. The zero-order chi connectivity index (χ0) is 28.3. The molecule has 0 aromatic heterocycles. The molecule has 2 saturated heterocycles. The summed E-state index contributed by atoms with van der Waals surface area (Å²) < 4.78 is 0. The minimum Gasteiger partial charge on any atom is -0.352 e. The normalized spacial score (nSPS) is 22.6. The average Bonchev–Trinajstić information content (AvgIpc) is 3.51. The average molecular weight is 551 g/mol. The molecule has 6 rings (SSSR count). The van der Waals surface area contributed by atoms with Crippen molar-refractivity contribution in [2.24, 2.45) is 9.98 Å². The Morgan fingerprint density at radius 1 is 0.732 bits per heavy atom. The Bertz CT molecular complexity index is 1430. The lowest BCUT2D eigenvalue weighted by atomic mass is 10.1. The number of amides is 4. The molecule has 0 bridgehead atoms. The number of hydrogen-bond acceptors (Lipinski definition) is 6. The number of aliphatic imine (C=N–C) groups is 2. The van der Waals surface area contributed by atoms with Crippen molar-refractivity contribution < 1.29 is 19.2 Å². The summed E-state index contributed by atoms with van der Waals surface area (Å²) in [6.45, 7) is 1.59. The minimum absolute atomic E-state index is 0.0771. The first-order valence-corrected chi connectivity index (χ1v) is 13.8. The van der Waals surface area contributed by atoms with Gasteiger partial charge in [0.1, 0.15) is 0 Å². The zero-order valence-electron chi connectivity index (χ0n) is 22.5. The van der Waals surface area contributed by atoms with Crippen LogP contribution in [0, 0.1) is 0 Å². The van der Waals surface area contributed by atoms with E-state index in [-0.39, 0.29) is 35.7 Å². The van der Waals surface area contributed by atoms with Crippen molar-refractivity contribution in [3.05, 3.63) is 83.0 Å². The zero-order valence-corrected chi connectivity index (χ0v) is 22.5. The maximum atomic E-state index is 13.0. The summed E-state index contributed by atoms with van der Waals surface area (Å²) in [5, 5.41) is 5.70. The summed E-state index contributed by atoms with van der Waals surface area (Å²) in [5.41, 5.74) is 4.24. The van der Waals surface area contributed by atoms with Gasteiger partial charge in [-0.05, 0) is 54.7 Å². The van der Waals surface area contributed by atoms with Crippen molar-refractivity contribution in [3.63, 3.8) is 0 Å². The summed E-state index contributed by atoms with van der Waals surface area (Å²) in [6.07, 6.45) is 8.40. The van der Waals surface area contributed by atoms with Gasteiger partial charge >= 0.3 is 0 Å². The quantitative estimate of drug-likeness (QED) is 0.424. The maximum absolute atomic E-state index is 13.0. The van der Waals surface area contributed by atoms with Gasteiger partial charge < -0.3 is 20.4 Å². The molecule has 10 nitrogen and oxygen atoms in total. The molecule has 4 aliphatic rings. The first-order chi connectivity index (χ1) is 20.0. The number of hydrogen-bond donors (Lipinski definition) is 2. The van der Waals surface area contributed by atoms with Crippen molar-refractivity contribution in [2.75, 3.05) is 26.2 Å². The van der Waals surface area contributed by atoms with E-state index in [4.69, 9.17) is 0 Å². The molecule has 4 amide bonds. The largest absolute Gasteiger partial charge is 0.352 e. The van der Waals surface area contributed by atoms with E-state index in [1.165, 1.54) is 0 Å². The van der Waals surface area contributed by atoms with Crippen LogP contribution in [-0.2, 0) is 9.59 Å². The third kappa shape index (κ3) is 5.58. The van der Waals surface area contributed by atoms with Crippen LogP contribution in [0.15, 0.2) is 81.8 Å². The predicted molar refractivity (Wildman–Crippen MR) is 155 cm³/mol. The molecular weight excluding hydrogens is 520 g/mol. The van der Waals surface area contributed by atoms with E-state index in [9.17, 15) is 19.2 Å². The molecule has 208 valence electrons. The number of nitrogens with zero attached hydrogens (tertiary/aromatic N) is 4. The van der Waals surface area contributed by atoms with Crippen LogP contribution in [0.25, 0.3) is 0 Å². The second kappa shape index (κ2) is 11.3. The summed E-state index contributed by atoms with van der Waals surface area (Å²) in [5.74, 6) is -0.594. The van der Waals surface area contributed by atoms with E-state index in [1.807, 2.05) is 36.4 Å². The SMILES string of the molecule is O=C(C=C1C[C@H]2C=Nc3ccccc3C(=O)N2C1)NCCCNC(=O)C=C1C[C@@H]2C=Nc3ccccc3C(=O)N2C1. The summed E-state index contributed by atoms with van der Waals surface area (Å²) >= 11 is 0. The van der Waals surface area contributed by atoms with E-state index in [2.05, 4.69) is 20.6 Å². The lowest BCUT2D eigenvalue weighted by Crippen LogP contribution is -2.35. The number of fused-ring (bicyclic) bond motifs is 4. The number of nitrogens with one attached hydrogen (secondary N) is 2. The Morgan fingerprint density at radius 3 is 1.63 bits per heavy atom. The standard InChI is InChI=1S/C31H30N6O4/c38-28(14-20-12-22-16-34-26-8-3-1-6-24(26)30(40)36(22)18-20)32-10-5-11-33-29(39)15-21-13-23-17-35-27-9-4-2-7-25(27)31(41)37(23)19-21/h1-4,6-9,14-17,22-23H,5,10-13,18-19H2,(H,32,38)(H,33,39)/t22-,23+. The van der Waals surface area contributed by atoms with E-state index in [0.717, 1.165) is 11.1 Å². The van der Waals surface area contributed by atoms with Crippen molar-refractivity contribution in [2.45, 2.75) is 31.3 Å². The first kappa shape index (κ1) is 26.4. The number of para-hydroxylation sites is 2.